The number of hydrogen-bond acceptors (Lipinski definition) is 5. The minimum absolute atomic E-state index is 0.0172. The molecule has 8 heteroatoms. The largest absolute Gasteiger partial charge is 0.478 e. The average molecular weight is 278 g/mol. The van der Waals surface area contributed by atoms with Crippen LogP contribution in [-0.4, -0.2) is 27.8 Å². The number of anilines is 1. The van der Waals surface area contributed by atoms with Crippen LogP contribution in [-0.2, 0) is 9.59 Å². The highest BCUT2D eigenvalue weighted by molar-refractivity contribution is 6.21. The molecule has 1 atom stereocenters. The number of benzene rings is 1. The molecule has 104 valence electrons. The summed E-state index contributed by atoms with van der Waals surface area (Å²) in [5.74, 6) is -2.93. The van der Waals surface area contributed by atoms with E-state index in [1.165, 1.54) is 0 Å². The van der Waals surface area contributed by atoms with E-state index in [1.54, 1.807) is 6.92 Å². The molecule has 1 aliphatic rings. The van der Waals surface area contributed by atoms with E-state index in [2.05, 4.69) is 0 Å². The van der Waals surface area contributed by atoms with E-state index in [1.807, 2.05) is 0 Å². The summed E-state index contributed by atoms with van der Waals surface area (Å²) in [5, 5.41) is 19.8. The smallest absolute Gasteiger partial charge is 0.335 e. The Hall–Kier alpha value is -2.77. The van der Waals surface area contributed by atoms with Crippen LogP contribution >= 0.6 is 0 Å². The molecule has 2 amide bonds. The summed E-state index contributed by atoms with van der Waals surface area (Å²) in [5.41, 5.74) is -1.06. The molecule has 0 saturated carbocycles. The second-order valence-corrected chi connectivity index (χ2v) is 4.44. The van der Waals surface area contributed by atoms with Crippen LogP contribution in [0.25, 0.3) is 0 Å². The van der Waals surface area contributed by atoms with Crippen molar-refractivity contribution in [2.75, 3.05) is 4.90 Å². The molecular weight excluding hydrogens is 268 g/mol. The Balaban J connectivity index is 2.57. The van der Waals surface area contributed by atoms with Crippen molar-refractivity contribution >= 4 is 29.2 Å². The van der Waals surface area contributed by atoms with Crippen molar-refractivity contribution in [1.82, 2.24) is 0 Å². The predicted molar refractivity (Wildman–Crippen MR) is 66.3 cm³/mol. The maximum atomic E-state index is 11.9. The van der Waals surface area contributed by atoms with Gasteiger partial charge in [0.25, 0.3) is 5.69 Å². The number of nitrogens with zero attached hydrogens (tertiary/aromatic N) is 2. The first-order chi connectivity index (χ1) is 9.32. The first-order valence-corrected chi connectivity index (χ1v) is 5.71. The Morgan fingerprint density at radius 2 is 2.10 bits per heavy atom. The van der Waals surface area contributed by atoms with Gasteiger partial charge in [0.1, 0.15) is 5.69 Å². The molecule has 0 radical (unpaired) electrons. The fraction of sp³-hybridized carbons (Fsp3) is 0.250. The molecule has 1 saturated heterocycles. The van der Waals surface area contributed by atoms with Crippen LogP contribution in [0, 0.1) is 16.0 Å². The number of nitro benzene ring substituents is 1. The zero-order chi connectivity index (χ0) is 15.0. The van der Waals surface area contributed by atoms with Gasteiger partial charge in [0.2, 0.25) is 11.8 Å². The lowest BCUT2D eigenvalue weighted by Crippen LogP contribution is -2.30. The molecule has 2 rings (SSSR count). The van der Waals surface area contributed by atoms with Crippen LogP contribution in [0.15, 0.2) is 18.2 Å². The fourth-order valence-electron chi connectivity index (χ4n) is 2.03. The maximum Gasteiger partial charge on any atom is 0.335 e. The van der Waals surface area contributed by atoms with Crippen molar-refractivity contribution in [3.63, 3.8) is 0 Å². The zero-order valence-corrected chi connectivity index (χ0v) is 10.4. The topological polar surface area (TPSA) is 118 Å². The molecule has 0 bridgehead atoms. The van der Waals surface area contributed by atoms with Crippen molar-refractivity contribution in [1.29, 1.82) is 0 Å². The monoisotopic (exact) mass is 278 g/mol. The molecule has 0 aromatic heterocycles. The lowest BCUT2D eigenvalue weighted by Gasteiger charge is -2.14. The fourth-order valence-corrected chi connectivity index (χ4v) is 2.03. The van der Waals surface area contributed by atoms with Crippen molar-refractivity contribution < 1.29 is 24.4 Å². The van der Waals surface area contributed by atoms with Gasteiger partial charge < -0.3 is 5.11 Å². The first-order valence-electron chi connectivity index (χ1n) is 5.71. The van der Waals surface area contributed by atoms with Crippen molar-refractivity contribution in [2.24, 2.45) is 5.92 Å². The van der Waals surface area contributed by atoms with Gasteiger partial charge in [-0.05, 0) is 12.1 Å². The first kappa shape index (κ1) is 13.7. The van der Waals surface area contributed by atoms with E-state index in [0.29, 0.717) is 0 Å². The molecule has 0 spiro atoms. The van der Waals surface area contributed by atoms with Crippen LogP contribution in [0.1, 0.15) is 23.7 Å². The second-order valence-electron chi connectivity index (χ2n) is 4.44. The summed E-state index contributed by atoms with van der Waals surface area (Å²) in [4.78, 5) is 45.4. The number of aromatic carboxylic acids is 1. The summed E-state index contributed by atoms with van der Waals surface area (Å²) in [7, 11) is 0. The van der Waals surface area contributed by atoms with Gasteiger partial charge in [-0.2, -0.15) is 0 Å². The van der Waals surface area contributed by atoms with E-state index in [4.69, 9.17) is 5.11 Å². The lowest BCUT2D eigenvalue weighted by molar-refractivity contribution is -0.384. The third kappa shape index (κ3) is 2.11. The minimum atomic E-state index is -1.33. The number of rotatable bonds is 3. The lowest BCUT2D eigenvalue weighted by atomic mass is 10.1. The summed E-state index contributed by atoms with van der Waals surface area (Å²) in [6, 6.07) is 3.06. The normalized spacial score (nSPS) is 18.4. The Labute approximate surface area is 112 Å². The Morgan fingerprint density at radius 1 is 1.45 bits per heavy atom. The highest BCUT2D eigenvalue weighted by Crippen LogP contribution is 2.34. The van der Waals surface area contributed by atoms with E-state index in [9.17, 15) is 24.5 Å². The Morgan fingerprint density at radius 3 is 2.55 bits per heavy atom. The SMILES string of the molecule is CC1CC(=O)N(c2ccc(C(=O)O)cc2[N+](=O)[O-])C1=O. The van der Waals surface area contributed by atoms with E-state index in [0.717, 1.165) is 23.1 Å². The summed E-state index contributed by atoms with van der Waals surface area (Å²) < 4.78 is 0. The summed E-state index contributed by atoms with van der Waals surface area (Å²) >= 11 is 0. The van der Waals surface area contributed by atoms with Crippen LogP contribution in [0.4, 0.5) is 11.4 Å². The molecule has 1 heterocycles. The van der Waals surface area contributed by atoms with Crippen LogP contribution < -0.4 is 4.90 Å². The van der Waals surface area contributed by atoms with Crippen LogP contribution in [0.5, 0.6) is 0 Å². The minimum Gasteiger partial charge on any atom is -0.478 e. The number of carbonyl (C=O) groups is 3. The molecule has 1 N–H and O–H groups in total. The highest BCUT2D eigenvalue weighted by Gasteiger charge is 2.39. The number of carboxylic acid groups (broad SMARTS) is 1. The Kier molecular flexibility index (Phi) is 3.23. The van der Waals surface area contributed by atoms with Gasteiger partial charge in [0.05, 0.1) is 10.5 Å². The van der Waals surface area contributed by atoms with Crippen molar-refractivity contribution in [2.45, 2.75) is 13.3 Å². The van der Waals surface area contributed by atoms with Crippen molar-refractivity contribution in [3.8, 4) is 0 Å². The third-order valence-electron chi connectivity index (χ3n) is 3.03. The molecule has 1 unspecified atom stereocenters. The van der Waals surface area contributed by atoms with Crippen LogP contribution in [0.3, 0.4) is 0 Å². The molecule has 1 aromatic carbocycles. The number of carbonyl (C=O) groups excluding carboxylic acids is 2. The van der Waals surface area contributed by atoms with Gasteiger partial charge in [0.15, 0.2) is 0 Å². The number of imide groups is 1. The van der Waals surface area contributed by atoms with Gasteiger partial charge >= 0.3 is 5.97 Å². The van der Waals surface area contributed by atoms with Gasteiger partial charge in [-0.1, -0.05) is 6.92 Å². The number of hydrogen-bond donors (Lipinski definition) is 1. The number of nitro groups is 1. The predicted octanol–water partition coefficient (Wildman–Crippen LogP) is 1.19. The third-order valence-corrected chi connectivity index (χ3v) is 3.03. The van der Waals surface area contributed by atoms with E-state index >= 15 is 0 Å². The molecule has 1 fully saturated rings. The highest BCUT2D eigenvalue weighted by atomic mass is 16.6. The van der Waals surface area contributed by atoms with Gasteiger partial charge in [-0.3, -0.25) is 19.7 Å². The van der Waals surface area contributed by atoms with Gasteiger partial charge in [0, 0.05) is 18.4 Å². The molecule has 1 aromatic rings. The molecule has 1 aliphatic heterocycles. The molecule has 8 nitrogen and oxygen atoms in total. The summed E-state index contributed by atoms with van der Waals surface area (Å²) in [6.45, 7) is 1.55. The van der Waals surface area contributed by atoms with Crippen molar-refractivity contribution in [3.05, 3.63) is 33.9 Å². The van der Waals surface area contributed by atoms with Gasteiger partial charge in [-0.25, -0.2) is 9.69 Å². The Bertz CT molecular complexity index is 639. The maximum absolute atomic E-state index is 11.9. The summed E-state index contributed by atoms with van der Waals surface area (Å²) in [6.07, 6.45) is -0.0172. The van der Waals surface area contributed by atoms with E-state index in [-0.39, 0.29) is 17.7 Å². The molecule has 20 heavy (non-hydrogen) atoms. The number of amides is 2. The standard InChI is InChI=1S/C12H10N2O6/c1-6-4-10(15)13(11(6)16)8-3-2-7(12(17)18)5-9(8)14(19)20/h2-3,5-6H,4H2,1H3,(H,17,18). The molecule has 0 aliphatic carbocycles. The van der Waals surface area contributed by atoms with Crippen LogP contribution in [0.2, 0.25) is 0 Å². The quantitative estimate of drug-likeness (QED) is 0.504. The van der Waals surface area contributed by atoms with Gasteiger partial charge in [-0.15, -0.1) is 0 Å². The second kappa shape index (κ2) is 4.72. The zero-order valence-electron chi connectivity index (χ0n) is 10.4. The average Bonchev–Trinajstić information content (AvgIpc) is 2.62. The number of carboxylic acids is 1. The molecular formula is C12H10N2O6. The van der Waals surface area contributed by atoms with E-state index < -0.39 is 34.3 Å².